The zero-order valence-corrected chi connectivity index (χ0v) is 11.7. The Hall–Kier alpha value is -1.55. The Kier molecular flexibility index (Phi) is 3.30. The Bertz CT molecular complexity index is 651. The number of aromatic nitrogens is 2. The molecule has 0 atom stereocenters. The number of H-pyrrole nitrogens is 1. The molecular weight excluding hydrogens is 247 g/mol. The van der Waals surface area contributed by atoms with Gasteiger partial charge in [-0.05, 0) is 44.9 Å². The molecule has 0 unspecified atom stereocenters. The van der Waals surface area contributed by atoms with Crippen LogP contribution in [0.4, 0.5) is 4.39 Å². The van der Waals surface area contributed by atoms with Crippen LogP contribution in [-0.2, 0) is 0 Å². The quantitative estimate of drug-likeness (QED) is 0.781. The van der Waals surface area contributed by atoms with Crippen molar-refractivity contribution in [1.82, 2.24) is 9.97 Å². The van der Waals surface area contributed by atoms with Gasteiger partial charge in [-0.2, -0.15) is 0 Å². The summed E-state index contributed by atoms with van der Waals surface area (Å²) in [5, 5.41) is 0. The van der Waals surface area contributed by atoms with E-state index in [1.54, 1.807) is 0 Å². The van der Waals surface area contributed by atoms with E-state index in [-0.39, 0.29) is 5.82 Å². The van der Waals surface area contributed by atoms with Gasteiger partial charge >= 0.3 is 0 Å². The SMILES string of the molecule is Cc1cc(C)c(-c2nc(C)c(C)[nH]c2=S)c(F)c1. The number of aromatic amines is 1. The Morgan fingerprint density at radius 3 is 2.44 bits per heavy atom. The van der Waals surface area contributed by atoms with Crippen molar-refractivity contribution in [1.29, 1.82) is 0 Å². The van der Waals surface area contributed by atoms with E-state index in [0.29, 0.717) is 15.9 Å². The number of halogens is 1. The lowest BCUT2D eigenvalue weighted by molar-refractivity contribution is 0.628. The molecule has 2 aromatic rings. The number of aryl methyl sites for hydroxylation is 4. The molecule has 0 radical (unpaired) electrons. The van der Waals surface area contributed by atoms with Gasteiger partial charge in [0.15, 0.2) is 0 Å². The van der Waals surface area contributed by atoms with Crippen molar-refractivity contribution in [2.24, 2.45) is 0 Å². The van der Waals surface area contributed by atoms with Gasteiger partial charge in [0.25, 0.3) is 0 Å². The van der Waals surface area contributed by atoms with Crippen LogP contribution in [0, 0.1) is 38.2 Å². The van der Waals surface area contributed by atoms with Crippen LogP contribution >= 0.6 is 12.2 Å². The van der Waals surface area contributed by atoms with Crippen LogP contribution in [0.5, 0.6) is 0 Å². The van der Waals surface area contributed by atoms with E-state index >= 15 is 0 Å². The largest absolute Gasteiger partial charge is 0.347 e. The van der Waals surface area contributed by atoms with Gasteiger partial charge in [0.1, 0.15) is 16.2 Å². The fourth-order valence-corrected chi connectivity index (χ4v) is 2.31. The Balaban J connectivity index is 2.78. The van der Waals surface area contributed by atoms with Crippen LogP contribution in [0.15, 0.2) is 12.1 Å². The minimum absolute atomic E-state index is 0.275. The fraction of sp³-hybridized carbons (Fsp3) is 0.286. The highest BCUT2D eigenvalue weighted by Gasteiger charge is 2.13. The number of nitrogens with one attached hydrogen (secondary N) is 1. The molecule has 0 aliphatic heterocycles. The first-order valence-electron chi connectivity index (χ1n) is 5.75. The third-order valence-electron chi connectivity index (χ3n) is 3.01. The number of hydrogen-bond acceptors (Lipinski definition) is 2. The van der Waals surface area contributed by atoms with E-state index in [0.717, 1.165) is 22.5 Å². The van der Waals surface area contributed by atoms with Gasteiger partial charge in [0.05, 0.1) is 5.69 Å². The van der Waals surface area contributed by atoms with Crippen molar-refractivity contribution in [2.75, 3.05) is 0 Å². The first-order chi connectivity index (χ1) is 8.40. The van der Waals surface area contributed by atoms with Gasteiger partial charge in [0.2, 0.25) is 0 Å². The Morgan fingerprint density at radius 1 is 1.17 bits per heavy atom. The molecule has 0 bridgehead atoms. The van der Waals surface area contributed by atoms with E-state index in [9.17, 15) is 4.39 Å². The van der Waals surface area contributed by atoms with Gasteiger partial charge < -0.3 is 4.98 Å². The molecule has 0 aliphatic rings. The van der Waals surface area contributed by atoms with E-state index in [1.165, 1.54) is 6.07 Å². The zero-order chi connectivity index (χ0) is 13.4. The van der Waals surface area contributed by atoms with Crippen molar-refractivity contribution in [3.05, 3.63) is 45.1 Å². The second kappa shape index (κ2) is 4.61. The summed E-state index contributed by atoms with van der Waals surface area (Å²) in [6.45, 7) is 7.53. The first-order valence-corrected chi connectivity index (χ1v) is 6.15. The predicted molar refractivity (Wildman–Crippen MR) is 73.8 cm³/mol. The minimum Gasteiger partial charge on any atom is -0.347 e. The second-order valence-electron chi connectivity index (χ2n) is 4.56. The van der Waals surface area contributed by atoms with Crippen LogP contribution < -0.4 is 0 Å². The molecule has 0 fully saturated rings. The highest BCUT2D eigenvalue weighted by Crippen LogP contribution is 2.27. The lowest BCUT2D eigenvalue weighted by Crippen LogP contribution is -2.00. The second-order valence-corrected chi connectivity index (χ2v) is 4.97. The van der Waals surface area contributed by atoms with Crippen molar-refractivity contribution in [2.45, 2.75) is 27.7 Å². The van der Waals surface area contributed by atoms with Crippen molar-refractivity contribution in [3.63, 3.8) is 0 Å². The molecule has 18 heavy (non-hydrogen) atoms. The van der Waals surface area contributed by atoms with E-state index < -0.39 is 0 Å². The predicted octanol–water partition coefficient (Wildman–Crippen LogP) is 4.18. The molecule has 1 heterocycles. The van der Waals surface area contributed by atoms with Gasteiger partial charge in [-0.3, -0.25) is 0 Å². The summed E-state index contributed by atoms with van der Waals surface area (Å²) in [5.74, 6) is -0.275. The molecule has 0 saturated heterocycles. The molecule has 2 rings (SSSR count). The maximum atomic E-state index is 14.1. The molecule has 0 saturated carbocycles. The average Bonchev–Trinajstić information content (AvgIpc) is 2.24. The Morgan fingerprint density at radius 2 is 1.83 bits per heavy atom. The van der Waals surface area contributed by atoms with Crippen LogP contribution in [0.1, 0.15) is 22.5 Å². The van der Waals surface area contributed by atoms with E-state index in [4.69, 9.17) is 12.2 Å². The summed E-state index contributed by atoms with van der Waals surface area (Å²) in [6, 6.07) is 3.44. The molecule has 4 heteroatoms. The van der Waals surface area contributed by atoms with Crippen LogP contribution in [0.2, 0.25) is 0 Å². The highest BCUT2D eigenvalue weighted by molar-refractivity contribution is 7.71. The smallest absolute Gasteiger partial charge is 0.133 e. The maximum Gasteiger partial charge on any atom is 0.133 e. The summed E-state index contributed by atoms with van der Waals surface area (Å²) in [4.78, 5) is 7.48. The fourth-order valence-electron chi connectivity index (χ4n) is 2.01. The van der Waals surface area contributed by atoms with Gasteiger partial charge in [-0.1, -0.05) is 18.3 Å². The topological polar surface area (TPSA) is 28.7 Å². The molecule has 1 N–H and O–H groups in total. The monoisotopic (exact) mass is 262 g/mol. The van der Waals surface area contributed by atoms with E-state index in [1.807, 2.05) is 33.8 Å². The van der Waals surface area contributed by atoms with Crippen molar-refractivity contribution < 1.29 is 4.39 Å². The third-order valence-corrected chi connectivity index (χ3v) is 3.30. The number of benzene rings is 1. The summed E-state index contributed by atoms with van der Waals surface area (Å²) in [5.41, 5.74) is 4.50. The highest BCUT2D eigenvalue weighted by atomic mass is 32.1. The summed E-state index contributed by atoms with van der Waals surface area (Å²) in [7, 11) is 0. The normalized spacial score (nSPS) is 10.7. The maximum absolute atomic E-state index is 14.1. The number of nitrogens with zero attached hydrogens (tertiary/aromatic N) is 1. The zero-order valence-electron chi connectivity index (χ0n) is 10.9. The van der Waals surface area contributed by atoms with Crippen LogP contribution in [-0.4, -0.2) is 9.97 Å². The third kappa shape index (κ3) is 2.20. The standard InChI is InChI=1S/C14H15FN2S/c1-7-5-8(2)12(11(15)6-7)13-14(18)17-10(4)9(3)16-13/h5-6H,1-4H3,(H,17,18). The molecule has 1 aromatic heterocycles. The molecule has 0 amide bonds. The van der Waals surface area contributed by atoms with E-state index in [2.05, 4.69) is 9.97 Å². The first kappa shape index (κ1) is 12.9. The van der Waals surface area contributed by atoms with Crippen LogP contribution in [0.25, 0.3) is 11.3 Å². The van der Waals surface area contributed by atoms with Crippen molar-refractivity contribution in [3.8, 4) is 11.3 Å². The lowest BCUT2D eigenvalue weighted by atomic mass is 10.0. The molecule has 1 aromatic carbocycles. The van der Waals surface area contributed by atoms with Crippen molar-refractivity contribution >= 4 is 12.2 Å². The minimum atomic E-state index is -0.275. The number of rotatable bonds is 1. The van der Waals surface area contributed by atoms with Gasteiger partial charge in [0, 0.05) is 11.3 Å². The summed E-state index contributed by atoms with van der Waals surface area (Å²) in [6.07, 6.45) is 0. The summed E-state index contributed by atoms with van der Waals surface area (Å²) < 4.78 is 14.6. The molecule has 94 valence electrons. The van der Waals surface area contributed by atoms with Gasteiger partial charge in [-0.25, -0.2) is 9.37 Å². The summed E-state index contributed by atoms with van der Waals surface area (Å²) >= 11 is 5.25. The Labute approximate surface area is 111 Å². The van der Waals surface area contributed by atoms with Gasteiger partial charge in [-0.15, -0.1) is 0 Å². The molecular formula is C14H15FN2S. The lowest BCUT2D eigenvalue weighted by Gasteiger charge is -2.10. The number of hydrogen-bond donors (Lipinski definition) is 1. The molecule has 0 spiro atoms. The molecule has 0 aliphatic carbocycles. The molecule has 2 nitrogen and oxygen atoms in total. The van der Waals surface area contributed by atoms with Crippen LogP contribution in [0.3, 0.4) is 0 Å². The average molecular weight is 262 g/mol.